The van der Waals surface area contributed by atoms with Gasteiger partial charge in [0.15, 0.2) is 0 Å². The molecule has 2 aromatic carbocycles. The highest BCUT2D eigenvalue weighted by Crippen LogP contribution is 2.41. The van der Waals surface area contributed by atoms with Gasteiger partial charge in [0, 0.05) is 13.1 Å². The Kier molecular flexibility index (Phi) is 8.23. The van der Waals surface area contributed by atoms with Crippen molar-refractivity contribution in [2.45, 2.75) is 50.4 Å². The van der Waals surface area contributed by atoms with Gasteiger partial charge in [0.1, 0.15) is 18.6 Å². The van der Waals surface area contributed by atoms with E-state index in [4.69, 9.17) is 10.5 Å². The number of unbranched alkanes of at least 4 members (excludes halogenated alkanes) is 1. The standard InChI is InChI=1S/C25H34F2N2O/c1-30-24-15-6-5-10-20(24)18-22-13-9-17-29(16-8-7-14-23(27)19-26)25(22,28)21-11-3-2-4-12-21/h2-6,10-12,15,22-23H,7-9,13-14,16-19,28H2,1H3/t22-,23?,25+/m0/s1. The maximum Gasteiger partial charge on any atom is 0.128 e. The third-order valence-corrected chi connectivity index (χ3v) is 6.38. The Balaban J connectivity index is 1.82. The van der Waals surface area contributed by atoms with Crippen LogP contribution < -0.4 is 10.5 Å². The van der Waals surface area contributed by atoms with Crippen LogP contribution in [0.25, 0.3) is 0 Å². The summed E-state index contributed by atoms with van der Waals surface area (Å²) in [7, 11) is 1.70. The Labute approximate surface area is 179 Å². The summed E-state index contributed by atoms with van der Waals surface area (Å²) in [5.41, 5.74) is 8.90. The Bertz CT molecular complexity index is 773. The quantitative estimate of drug-likeness (QED) is 0.539. The summed E-state index contributed by atoms with van der Waals surface area (Å²) in [6.45, 7) is 0.804. The van der Waals surface area contributed by atoms with Crippen molar-refractivity contribution in [1.82, 2.24) is 4.90 Å². The normalized spacial score (nSPS) is 23.3. The fourth-order valence-electron chi connectivity index (χ4n) is 4.75. The number of benzene rings is 2. The van der Waals surface area contributed by atoms with Crippen LogP contribution in [0.3, 0.4) is 0 Å². The van der Waals surface area contributed by atoms with Gasteiger partial charge >= 0.3 is 0 Å². The van der Waals surface area contributed by atoms with E-state index in [1.54, 1.807) is 7.11 Å². The summed E-state index contributed by atoms with van der Waals surface area (Å²) in [6.07, 6.45) is 3.35. The average Bonchev–Trinajstić information content (AvgIpc) is 2.79. The molecule has 30 heavy (non-hydrogen) atoms. The molecule has 0 radical (unpaired) electrons. The van der Waals surface area contributed by atoms with Crippen molar-refractivity contribution in [3.63, 3.8) is 0 Å². The molecule has 0 aliphatic carbocycles. The molecule has 5 heteroatoms. The van der Waals surface area contributed by atoms with E-state index in [1.807, 2.05) is 36.4 Å². The molecule has 0 saturated carbocycles. The van der Waals surface area contributed by atoms with Crippen LogP contribution >= 0.6 is 0 Å². The Morgan fingerprint density at radius 3 is 2.60 bits per heavy atom. The van der Waals surface area contributed by atoms with Crippen LogP contribution in [0, 0.1) is 5.92 Å². The van der Waals surface area contributed by atoms with Gasteiger partial charge in [-0.1, -0.05) is 48.5 Å². The fourth-order valence-corrected chi connectivity index (χ4v) is 4.75. The SMILES string of the molecule is COc1ccccc1C[C@@H]1CCCN(CCCCC(F)CF)[C@]1(N)c1ccccc1. The lowest BCUT2D eigenvalue weighted by Crippen LogP contribution is -2.61. The van der Waals surface area contributed by atoms with Crippen LogP contribution in [-0.2, 0) is 12.1 Å². The topological polar surface area (TPSA) is 38.5 Å². The van der Waals surface area contributed by atoms with E-state index in [9.17, 15) is 8.78 Å². The minimum atomic E-state index is -1.35. The van der Waals surface area contributed by atoms with Crippen molar-refractivity contribution in [2.24, 2.45) is 11.7 Å². The Hall–Kier alpha value is -1.98. The number of hydrogen-bond donors (Lipinski definition) is 1. The lowest BCUT2D eigenvalue weighted by molar-refractivity contribution is -0.00842. The Morgan fingerprint density at radius 1 is 1.13 bits per heavy atom. The fraction of sp³-hybridized carbons (Fsp3) is 0.520. The number of piperidine rings is 1. The first-order valence-corrected chi connectivity index (χ1v) is 11.0. The van der Waals surface area contributed by atoms with E-state index in [0.29, 0.717) is 6.42 Å². The molecule has 1 aliphatic heterocycles. The largest absolute Gasteiger partial charge is 0.496 e. The van der Waals surface area contributed by atoms with E-state index in [-0.39, 0.29) is 12.3 Å². The van der Waals surface area contributed by atoms with E-state index in [2.05, 4.69) is 23.1 Å². The van der Waals surface area contributed by atoms with E-state index >= 15 is 0 Å². The molecule has 164 valence electrons. The molecule has 0 bridgehead atoms. The Morgan fingerprint density at radius 2 is 1.87 bits per heavy atom. The van der Waals surface area contributed by atoms with Crippen molar-refractivity contribution >= 4 is 0 Å². The van der Waals surface area contributed by atoms with Gasteiger partial charge in [-0.25, -0.2) is 8.78 Å². The lowest BCUT2D eigenvalue weighted by Gasteiger charge is -2.50. The van der Waals surface area contributed by atoms with Crippen LogP contribution in [0.2, 0.25) is 0 Å². The maximum absolute atomic E-state index is 13.3. The number of methoxy groups -OCH3 is 1. The molecule has 1 unspecified atom stereocenters. The highest BCUT2D eigenvalue weighted by atomic mass is 19.2. The van der Waals surface area contributed by atoms with Gasteiger partial charge in [0.25, 0.3) is 0 Å². The van der Waals surface area contributed by atoms with Gasteiger partial charge in [0.05, 0.1) is 12.8 Å². The molecular formula is C25H34F2N2O. The lowest BCUT2D eigenvalue weighted by atomic mass is 9.75. The number of para-hydroxylation sites is 1. The zero-order valence-corrected chi connectivity index (χ0v) is 17.9. The zero-order valence-electron chi connectivity index (χ0n) is 17.9. The molecule has 0 amide bonds. The van der Waals surface area contributed by atoms with Crippen LogP contribution in [0.15, 0.2) is 54.6 Å². The predicted octanol–water partition coefficient (Wildman–Crippen LogP) is 5.24. The molecule has 2 N–H and O–H groups in total. The number of nitrogens with zero attached hydrogens (tertiary/aromatic N) is 1. The van der Waals surface area contributed by atoms with Crippen LogP contribution in [0.5, 0.6) is 5.75 Å². The molecule has 0 spiro atoms. The molecule has 0 aromatic heterocycles. The van der Waals surface area contributed by atoms with Crippen LogP contribution in [0.1, 0.15) is 43.2 Å². The molecule has 3 nitrogen and oxygen atoms in total. The number of hydrogen-bond acceptors (Lipinski definition) is 3. The van der Waals surface area contributed by atoms with Crippen molar-refractivity contribution in [2.75, 3.05) is 26.9 Å². The highest BCUT2D eigenvalue weighted by molar-refractivity contribution is 5.35. The van der Waals surface area contributed by atoms with Gasteiger partial charge in [-0.05, 0) is 61.6 Å². The van der Waals surface area contributed by atoms with Crippen LogP contribution in [0.4, 0.5) is 8.78 Å². The summed E-state index contributed by atoms with van der Waals surface area (Å²) in [4.78, 5) is 2.36. The summed E-state index contributed by atoms with van der Waals surface area (Å²) in [5.74, 6) is 1.12. The van der Waals surface area contributed by atoms with Crippen molar-refractivity contribution < 1.29 is 13.5 Å². The average molecular weight is 417 g/mol. The summed E-state index contributed by atoms with van der Waals surface area (Å²) in [5, 5.41) is 0. The number of nitrogens with two attached hydrogens (primary N) is 1. The third kappa shape index (κ3) is 5.19. The predicted molar refractivity (Wildman–Crippen MR) is 118 cm³/mol. The zero-order chi connectivity index (χ0) is 21.4. The van der Waals surface area contributed by atoms with Gasteiger partial charge in [-0.2, -0.15) is 0 Å². The van der Waals surface area contributed by atoms with Gasteiger partial charge in [0.2, 0.25) is 0 Å². The smallest absolute Gasteiger partial charge is 0.128 e. The maximum atomic E-state index is 13.3. The van der Waals surface area contributed by atoms with E-state index in [0.717, 1.165) is 50.1 Å². The number of likely N-dealkylation sites (tertiary alicyclic amines) is 1. The summed E-state index contributed by atoms with van der Waals surface area (Å²) in [6, 6.07) is 18.4. The number of ether oxygens (including phenoxy) is 1. The summed E-state index contributed by atoms with van der Waals surface area (Å²) < 4.78 is 31.3. The highest BCUT2D eigenvalue weighted by Gasteiger charge is 2.44. The third-order valence-electron chi connectivity index (χ3n) is 6.38. The second kappa shape index (κ2) is 10.9. The molecule has 1 saturated heterocycles. The molecular weight excluding hydrogens is 382 g/mol. The van der Waals surface area contributed by atoms with Crippen LogP contribution in [-0.4, -0.2) is 37.9 Å². The second-order valence-electron chi connectivity index (χ2n) is 8.28. The first kappa shape index (κ1) is 22.7. The summed E-state index contributed by atoms with van der Waals surface area (Å²) >= 11 is 0. The van der Waals surface area contributed by atoms with E-state index in [1.165, 1.54) is 5.56 Å². The van der Waals surface area contributed by atoms with Crippen molar-refractivity contribution in [1.29, 1.82) is 0 Å². The first-order chi connectivity index (χ1) is 14.6. The molecule has 1 aliphatic rings. The number of alkyl halides is 2. The van der Waals surface area contributed by atoms with Gasteiger partial charge in [-0.15, -0.1) is 0 Å². The molecule has 1 heterocycles. The van der Waals surface area contributed by atoms with Gasteiger partial charge in [-0.3, -0.25) is 4.90 Å². The van der Waals surface area contributed by atoms with Crippen molar-refractivity contribution in [3.05, 3.63) is 65.7 Å². The second-order valence-corrected chi connectivity index (χ2v) is 8.28. The molecule has 3 rings (SSSR count). The van der Waals surface area contributed by atoms with Gasteiger partial charge < -0.3 is 10.5 Å². The first-order valence-electron chi connectivity index (χ1n) is 11.0. The molecule has 1 fully saturated rings. The minimum absolute atomic E-state index is 0.227. The van der Waals surface area contributed by atoms with Crippen molar-refractivity contribution in [3.8, 4) is 5.75 Å². The number of halogens is 2. The van der Waals surface area contributed by atoms with E-state index < -0.39 is 18.5 Å². The molecule has 2 aromatic rings. The number of rotatable bonds is 10. The monoisotopic (exact) mass is 416 g/mol. The minimum Gasteiger partial charge on any atom is -0.496 e. The molecule has 3 atom stereocenters.